The predicted octanol–water partition coefficient (Wildman–Crippen LogP) is 1.02. The van der Waals surface area contributed by atoms with Gasteiger partial charge in [0.15, 0.2) is 0 Å². The minimum atomic E-state index is 0.549. The van der Waals surface area contributed by atoms with Crippen molar-refractivity contribution in [2.75, 3.05) is 6.54 Å². The summed E-state index contributed by atoms with van der Waals surface area (Å²) in [7, 11) is 0. The number of hydrogen-bond donors (Lipinski definition) is 1. The second kappa shape index (κ2) is 5.39. The number of aromatic nitrogens is 2. The first-order chi connectivity index (χ1) is 6.36. The van der Waals surface area contributed by atoms with Crippen molar-refractivity contribution < 1.29 is 0 Å². The Bertz CT molecular complexity index is 283. The van der Waals surface area contributed by atoms with Crippen LogP contribution >= 0.6 is 0 Å². The van der Waals surface area contributed by atoms with Crippen molar-refractivity contribution in [3.05, 3.63) is 18.0 Å². The Kier molecular flexibility index (Phi) is 4.07. The molecule has 0 atom stereocenters. The average Bonchev–Trinajstić information content (AvgIpc) is 2.54. The van der Waals surface area contributed by atoms with E-state index in [0.717, 1.165) is 19.5 Å². The molecule has 13 heavy (non-hydrogen) atoms. The van der Waals surface area contributed by atoms with Gasteiger partial charge in [-0.15, -0.1) is 6.42 Å². The van der Waals surface area contributed by atoms with E-state index in [0.29, 0.717) is 6.54 Å². The molecular weight excluding hydrogens is 162 g/mol. The predicted molar refractivity (Wildman–Crippen MR) is 53.1 cm³/mol. The van der Waals surface area contributed by atoms with Crippen LogP contribution in [0.25, 0.3) is 0 Å². The standard InChI is InChI=1S/C10H15N3/c1-3-5-11-7-10-8-12-13(9-10)6-4-2/h2,8-9,11H,3,5-7H2,1H3. The first-order valence-corrected chi connectivity index (χ1v) is 4.52. The summed E-state index contributed by atoms with van der Waals surface area (Å²) < 4.78 is 1.77. The maximum Gasteiger partial charge on any atom is 0.101 e. The van der Waals surface area contributed by atoms with Crippen LogP contribution in [0.3, 0.4) is 0 Å². The maximum atomic E-state index is 5.16. The lowest BCUT2D eigenvalue weighted by Gasteiger charge is -1.98. The first-order valence-electron chi connectivity index (χ1n) is 4.52. The van der Waals surface area contributed by atoms with Gasteiger partial charge in [0.1, 0.15) is 6.54 Å². The molecule has 0 bridgehead atoms. The van der Waals surface area contributed by atoms with Crippen molar-refractivity contribution in [3.63, 3.8) is 0 Å². The van der Waals surface area contributed by atoms with Gasteiger partial charge in [-0.1, -0.05) is 12.8 Å². The van der Waals surface area contributed by atoms with Gasteiger partial charge in [0, 0.05) is 18.3 Å². The monoisotopic (exact) mass is 177 g/mol. The molecule has 1 aromatic heterocycles. The third kappa shape index (κ3) is 3.30. The summed E-state index contributed by atoms with van der Waals surface area (Å²) >= 11 is 0. The molecular formula is C10H15N3. The lowest BCUT2D eigenvalue weighted by molar-refractivity contribution is 0.673. The highest BCUT2D eigenvalue weighted by molar-refractivity contribution is 5.04. The van der Waals surface area contributed by atoms with Crippen LogP contribution < -0.4 is 5.32 Å². The zero-order valence-corrected chi connectivity index (χ0v) is 7.95. The Morgan fingerprint density at radius 1 is 1.69 bits per heavy atom. The Labute approximate surface area is 79.1 Å². The molecule has 70 valence electrons. The van der Waals surface area contributed by atoms with Crippen LogP contribution in [0.1, 0.15) is 18.9 Å². The van der Waals surface area contributed by atoms with Crippen molar-refractivity contribution in [1.29, 1.82) is 0 Å². The van der Waals surface area contributed by atoms with Gasteiger partial charge in [0.25, 0.3) is 0 Å². The van der Waals surface area contributed by atoms with Gasteiger partial charge in [0.05, 0.1) is 6.20 Å². The average molecular weight is 177 g/mol. The molecule has 0 saturated heterocycles. The summed E-state index contributed by atoms with van der Waals surface area (Å²) in [6, 6.07) is 0. The van der Waals surface area contributed by atoms with E-state index in [-0.39, 0.29) is 0 Å². The highest BCUT2D eigenvalue weighted by Gasteiger charge is 1.95. The van der Waals surface area contributed by atoms with Crippen LogP contribution in [0, 0.1) is 12.3 Å². The second-order valence-corrected chi connectivity index (χ2v) is 2.93. The molecule has 0 amide bonds. The van der Waals surface area contributed by atoms with Crippen molar-refractivity contribution in [1.82, 2.24) is 15.1 Å². The third-order valence-corrected chi connectivity index (χ3v) is 1.70. The van der Waals surface area contributed by atoms with E-state index < -0.39 is 0 Å². The van der Waals surface area contributed by atoms with Gasteiger partial charge < -0.3 is 5.32 Å². The van der Waals surface area contributed by atoms with Crippen LogP contribution in [0.5, 0.6) is 0 Å². The molecule has 3 nitrogen and oxygen atoms in total. The zero-order chi connectivity index (χ0) is 9.52. The van der Waals surface area contributed by atoms with E-state index in [1.165, 1.54) is 5.56 Å². The molecule has 0 spiro atoms. The molecule has 1 aromatic rings. The topological polar surface area (TPSA) is 29.9 Å². The fourth-order valence-electron chi connectivity index (χ4n) is 1.09. The van der Waals surface area contributed by atoms with Crippen molar-refractivity contribution in [2.24, 2.45) is 0 Å². The molecule has 0 aliphatic rings. The van der Waals surface area contributed by atoms with Crippen LogP contribution in [0.2, 0.25) is 0 Å². The van der Waals surface area contributed by atoms with Crippen molar-refractivity contribution in [3.8, 4) is 12.3 Å². The fourth-order valence-corrected chi connectivity index (χ4v) is 1.09. The zero-order valence-electron chi connectivity index (χ0n) is 7.95. The minimum absolute atomic E-state index is 0.549. The molecule has 1 heterocycles. The van der Waals surface area contributed by atoms with E-state index in [1.807, 2.05) is 12.4 Å². The number of nitrogens with one attached hydrogen (secondary N) is 1. The largest absolute Gasteiger partial charge is 0.313 e. The van der Waals surface area contributed by atoms with Crippen molar-refractivity contribution >= 4 is 0 Å². The summed E-state index contributed by atoms with van der Waals surface area (Å²) in [6.07, 6.45) is 10.1. The first kappa shape index (κ1) is 9.82. The molecule has 0 aromatic carbocycles. The smallest absolute Gasteiger partial charge is 0.101 e. The van der Waals surface area contributed by atoms with Gasteiger partial charge >= 0.3 is 0 Å². The third-order valence-electron chi connectivity index (χ3n) is 1.70. The Balaban J connectivity index is 2.36. The number of nitrogens with zero attached hydrogens (tertiary/aromatic N) is 2. The minimum Gasteiger partial charge on any atom is -0.313 e. The Morgan fingerprint density at radius 3 is 3.23 bits per heavy atom. The lowest BCUT2D eigenvalue weighted by atomic mass is 10.3. The van der Waals surface area contributed by atoms with E-state index in [4.69, 9.17) is 6.42 Å². The van der Waals surface area contributed by atoms with Gasteiger partial charge in [-0.25, -0.2) is 0 Å². The normalized spacial score (nSPS) is 9.85. The van der Waals surface area contributed by atoms with E-state index in [1.54, 1.807) is 4.68 Å². The molecule has 0 unspecified atom stereocenters. The van der Waals surface area contributed by atoms with Gasteiger partial charge in [-0.05, 0) is 13.0 Å². The number of rotatable bonds is 5. The van der Waals surface area contributed by atoms with E-state index in [2.05, 4.69) is 23.3 Å². The number of hydrogen-bond acceptors (Lipinski definition) is 2. The molecule has 0 saturated carbocycles. The summed E-state index contributed by atoms with van der Waals surface area (Å²) in [5, 5.41) is 7.42. The molecule has 0 radical (unpaired) electrons. The van der Waals surface area contributed by atoms with Crippen LogP contribution in [-0.2, 0) is 13.1 Å². The Morgan fingerprint density at radius 2 is 2.54 bits per heavy atom. The van der Waals surface area contributed by atoms with Gasteiger partial charge in [-0.2, -0.15) is 5.10 Å². The summed E-state index contributed by atoms with van der Waals surface area (Å²) in [5.41, 5.74) is 1.18. The van der Waals surface area contributed by atoms with Crippen molar-refractivity contribution in [2.45, 2.75) is 26.4 Å². The Hall–Kier alpha value is -1.27. The SMILES string of the molecule is C#CCn1cc(CNCCC)cn1. The van der Waals surface area contributed by atoms with E-state index in [9.17, 15) is 0 Å². The quantitative estimate of drug-likeness (QED) is 0.537. The molecule has 1 N–H and O–H groups in total. The summed E-state index contributed by atoms with van der Waals surface area (Å²) in [4.78, 5) is 0. The van der Waals surface area contributed by atoms with E-state index >= 15 is 0 Å². The van der Waals surface area contributed by atoms with Crippen LogP contribution in [-0.4, -0.2) is 16.3 Å². The van der Waals surface area contributed by atoms with Gasteiger partial charge in [-0.3, -0.25) is 4.68 Å². The highest BCUT2D eigenvalue weighted by atomic mass is 15.3. The molecule has 3 heteroatoms. The molecule has 0 aliphatic carbocycles. The number of terminal acetylenes is 1. The maximum absolute atomic E-state index is 5.16. The fraction of sp³-hybridized carbons (Fsp3) is 0.500. The van der Waals surface area contributed by atoms with Crippen LogP contribution in [0.4, 0.5) is 0 Å². The van der Waals surface area contributed by atoms with Gasteiger partial charge in [0.2, 0.25) is 0 Å². The summed E-state index contributed by atoms with van der Waals surface area (Å²) in [5.74, 6) is 2.54. The second-order valence-electron chi connectivity index (χ2n) is 2.93. The molecule has 0 fully saturated rings. The highest BCUT2D eigenvalue weighted by Crippen LogP contribution is 1.96. The molecule has 0 aliphatic heterocycles. The molecule has 1 rings (SSSR count). The van der Waals surface area contributed by atoms with Crippen LogP contribution in [0.15, 0.2) is 12.4 Å². The lowest BCUT2D eigenvalue weighted by Crippen LogP contribution is -2.13. The summed E-state index contributed by atoms with van der Waals surface area (Å²) in [6.45, 7) is 4.61.